The molecular formula is C20H32N2. The van der Waals surface area contributed by atoms with E-state index in [1.54, 1.807) is 0 Å². The highest BCUT2D eigenvalue weighted by molar-refractivity contribution is 5.75. The van der Waals surface area contributed by atoms with E-state index in [2.05, 4.69) is 41.7 Å². The molecule has 22 heavy (non-hydrogen) atoms. The van der Waals surface area contributed by atoms with Crippen molar-refractivity contribution >= 4 is 11.0 Å². The Balaban J connectivity index is 1.54. The minimum absolute atomic E-state index is 1.13. The van der Waals surface area contributed by atoms with Crippen molar-refractivity contribution in [3.63, 3.8) is 0 Å². The van der Waals surface area contributed by atoms with Crippen molar-refractivity contribution < 1.29 is 0 Å². The van der Waals surface area contributed by atoms with Gasteiger partial charge in [-0.05, 0) is 30.5 Å². The van der Waals surface area contributed by atoms with Gasteiger partial charge in [0.25, 0.3) is 0 Å². The summed E-state index contributed by atoms with van der Waals surface area (Å²) in [5, 5.41) is 0. The Morgan fingerprint density at radius 2 is 1.50 bits per heavy atom. The minimum Gasteiger partial charge on any atom is -0.334 e. The van der Waals surface area contributed by atoms with Gasteiger partial charge in [-0.25, -0.2) is 4.98 Å². The molecule has 0 amide bonds. The Labute approximate surface area is 135 Å². The number of aromatic nitrogens is 2. The monoisotopic (exact) mass is 300 g/mol. The first kappa shape index (κ1) is 17.1. The summed E-state index contributed by atoms with van der Waals surface area (Å²) in [5.74, 6) is 0. The van der Waals surface area contributed by atoms with Crippen molar-refractivity contribution in [3.8, 4) is 0 Å². The predicted molar refractivity (Wildman–Crippen MR) is 96.3 cm³/mol. The van der Waals surface area contributed by atoms with Gasteiger partial charge >= 0.3 is 0 Å². The van der Waals surface area contributed by atoms with Crippen molar-refractivity contribution in [3.05, 3.63) is 30.1 Å². The van der Waals surface area contributed by atoms with Crippen LogP contribution in [-0.2, 0) is 13.5 Å². The molecule has 0 radical (unpaired) electrons. The Morgan fingerprint density at radius 1 is 0.864 bits per heavy atom. The quantitative estimate of drug-likeness (QED) is 0.463. The lowest BCUT2D eigenvalue weighted by Gasteiger charge is -2.03. The molecule has 0 aliphatic carbocycles. The van der Waals surface area contributed by atoms with Crippen LogP contribution in [0, 0.1) is 0 Å². The first-order valence-corrected chi connectivity index (χ1v) is 9.21. The summed E-state index contributed by atoms with van der Waals surface area (Å²) in [6.07, 6.45) is 17.1. The van der Waals surface area contributed by atoms with Crippen molar-refractivity contribution in [2.45, 2.75) is 77.6 Å². The third-order valence-corrected chi connectivity index (χ3v) is 4.61. The molecule has 2 nitrogen and oxygen atoms in total. The molecule has 0 bridgehead atoms. The van der Waals surface area contributed by atoms with E-state index in [4.69, 9.17) is 0 Å². The SMILES string of the molecule is CCCCCCCCCCCCc1ccc2c(c1)ncn2C. The van der Waals surface area contributed by atoms with Crippen molar-refractivity contribution in [2.75, 3.05) is 0 Å². The maximum absolute atomic E-state index is 4.44. The largest absolute Gasteiger partial charge is 0.334 e. The van der Waals surface area contributed by atoms with Crippen LogP contribution in [0.15, 0.2) is 24.5 Å². The van der Waals surface area contributed by atoms with Gasteiger partial charge in [-0.3, -0.25) is 0 Å². The maximum Gasteiger partial charge on any atom is 0.0955 e. The molecule has 0 N–H and O–H groups in total. The summed E-state index contributed by atoms with van der Waals surface area (Å²) < 4.78 is 2.08. The number of aryl methyl sites for hydroxylation is 2. The number of hydrogen-bond acceptors (Lipinski definition) is 1. The number of nitrogens with zero attached hydrogens (tertiary/aromatic N) is 2. The lowest BCUT2D eigenvalue weighted by atomic mass is 10.0. The summed E-state index contributed by atoms with van der Waals surface area (Å²) in [4.78, 5) is 4.44. The highest BCUT2D eigenvalue weighted by Gasteiger charge is 2.01. The fourth-order valence-electron chi connectivity index (χ4n) is 3.15. The molecule has 0 atom stereocenters. The number of hydrogen-bond donors (Lipinski definition) is 0. The smallest absolute Gasteiger partial charge is 0.0955 e. The zero-order valence-corrected chi connectivity index (χ0v) is 14.5. The Hall–Kier alpha value is -1.31. The van der Waals surface area contributed by atoms with E-state index < -0.39 is 0 Å². The molecule has 1 aromatic heterocycles. The van der Waals surface area contributed by atoms with E-state index >= 15 is 0 Å². The summed E-state index contributed by atoms with van der Waals surface area (Å²) in [7, 11) is 2.05. The lowest BCUT2D eigenvalue weighted by molar-refractivity contribution is 0.556. The molecule has 2 aromatic rings. The van der Waals surface area contributed by atoms with Gasteiger partial charge in [-0.2, -0.15) is 0 Å². The van der Waals surface area contributed by atoms with Crippen LogP contribution in [0.2, 0.25) is 0 Å². The topological polar surface area (TPSA) is 17.8 Å². The van der Waals surface area contributed by atoms with Crippen LogP contribution in [0.25, 0.3) is 11.0 Å². The van der Waals surface area contributed by atoms with Crippen LogP contribution in [0.3, 0.4) is 0 Å². The Morgan fingerprint density at radius 3 is 2.18 bits per heavy atom. The Bertz CT molecular complexity index is 542. The highest BCUT2D eigenvalue weighted by Crippen LogP contribution is 2.16. The van der Waals surface area contributed by atoms with Crippen LogP contribution in [0.1, 0.15) is 76.7 Å². The van der Waals surface area contributed by atoms with E-state index in [1.165, 1.54) is 81.7 Å². The molecule has 0 saturated carbocycles. The predicted octanol–water partition coefficient (Wildman–Crippen LogP) is 6.04. The molecule has 2 rings (SSSR count). The number of fused-ring (bicyclic) bond motifs is 1. The molecule has 1 aromatic carbocycles. The number of unbranched alkanes of at least 4 members (excludes halogenated alkanes) is 9. The zero-order valence-electron chi connectivity index (χ0n) is 14.5. The number of rotatable bonds is 11. The molecule has 122 valence electrons. The maximum atomic E-state index is 4.44. The standard InChI is InChI=1S/C20H32N2/c1-3-4-5-6-7-8-9-10-11-12-13-18-14-15-20-19(16-18)21-17-22(20)2/h14-17H,3-13H2,1-2H3. The fourth-order valence-corrected chi connectivity index (χ4v) is 3.15. The van der Waals surface area contributed by atoms with E-state index in [9.17, 15) is 0 Å². The van der Waals surface area contributed by atoms with Crippen molar-refractivity contribution in [1.29, 1.82) is 0 Å². The van der Waals surface area contributed by atoms with Gasteiger partial charge in [-0.1, -0.05) is 70.8 Å². The number of imidazole rings is 1. The molecule has 0 aliphatic rings. The molecule has 1 heterocycles. The zero-order chi connectivity index (χ0) is 15.6. The highest BCUT2D eigenvalue weighted by atomic mass is 15.0. The van der Waals surface area contributed by atoms with Gasteiger partial charge in [0.05, 0.1) is 17.4 Å². The Kier molecular flexibility index (Phi) is 7.48. The summed E-state index contributed by atoms with van der Waals surface area (Å²) in [5.41, 5.74) is 3.80. The van der Waals surface area contributed by atoms with Gasteiger partial charge in [0, 0.05) is 7.05 Å². The normalized spacial score (nSPS) is 11.4. The van der Waals surface area contributed by atoms with E-state index in [0.717, 1.165) is 5.52 Å². The van der Waals surface area contributed by atoms with Crippen LogP contribution in [0.4, 0.5) is 0 Å². The van der Waals surface area contributed by atoms with E-state index in [1.807, 2.05) is 6.33 Å². The van der Waals surface area contributed by atoms with E-state index in [0.29, 0.717) is 0 Å². The second-order valence-electron chi connectivity index (χ2n) is 6.61. The first-order chi connectivity index (χ1) is 10.8. The van der Waals surface area contributed by atoms with E-state index in [-0.39, 0.29) is 0 Å². The average Bonchev–Trinajstić information content (AvgIpc) is 2.90. The summed E-state index contributed by atoms with van der Waals surface area (Å²) in [6, 6.07) is 6.72. The first-order valence-electron chi connectivity index (χ1n) is 9.21. The summed E-state index contributed by atoms with van der Waals surface area (Å²) in [6.45, 7) is 2.28. The molecule has 0 aliphatic heterocycles. The number of benzene rings is 1. The van der Waals surface area contributed by atoms with Crippen molar-refractivity contribution in [2.24, 2.45) is 7.05 Å². The molecule has 0 spiro atoms. The average molecular weight is 300 g/mol. The van der Waals surface area contributed by atoms with Crippen LogP contribution < -0.4 is 0 Å². The molecular weight excluding hydrogens is 268 g/mol. The second kappa shape index (κ2) is 9.66. The fraction of sp³-hybridized carbons (Fsp3) is 0.650. The van der Waals surface area contributed by atoms with Crippen LogP contribution in [-0.4, -0.2) is 9.55 Å². The van der Waals surface area contributed by atoms with Gasteiger partial charge in [0.2, 0.25) is 0 Å². The second-order valence-corrected chi connectivity index (χ2v) is 6.61. The van der Waals surface area contributed by atoms with Gasteiger partial charge in [0.1, 0.15) is 0 Å². The van der Waals surface area contributed by atoms with Crippen molar-refractivity contribution in [1.82, 2.24) is 9.55 Å². The summed E-state index contributed by atoms with van der Waals surface area (Å²) >= 11 is 0. The molecule has 2 heteroatoms. The molecule has 0 saturated heterocycles. The van der Waals surface area contributed by atoms with Crippen LogP contribution >= 0.6 is 0 Å². The third-order valence-electron chi connectivity index (χ3n) is 4.61. The molecule has 0 fully saturated rings. The van der Waals surface area contributed by atoms with Gasteiger partial charge < -0.3 is 4.57 Å². The third kappa shape index (κ3) is 5.47. The van der Waals surface area contributed by atoms with Gasteiger partial charge in [-0.15, -0.1) is 0 Å². The van der Waals surface area contributed by atoms with Crippen LogP contribution in [0.5, 0.6) is 0 Å². The molecule has 0 unspecified atom stereocenters. The van der Waals surface area contributed by atoms with Gasteiger partial charge in [0.15, 0.2) is 0 Å². The minimum atomic E-state index is 1.13. The lowest BCUT2D eigenvalue weighted by Crippen LogP contribution is -1.88.